The van der Waals surface area contributed by atoms with Crippen LogP contribution in [0.1, 0.15) is 5.56 Å². The van der Waals surface area contributed by atoms with Crippen LogP contribution in [0.2, 0.25) is 0 Å². The fraction of sp³-hybridized carbons (Fsp3) is 0.357. The Bertz CT molecular complexity index is 942. The van der Waals surface area contributed by atoms with Gasteiger partial charge in [0.1, 0.15) is 4.21 Å². The van der Waals surface area contributed by atoms with Gasteiger partial charge in [0.25, 0.3) is 10.0 Å². The maximum Gasteiger partial charge on any atom is 0.335 e. The monoisotopic (exact) mass is 504 g/mol. The molecule has 0 saturated heterocycles. The molecule has 2 heterocycles. The van der Waals surface area contributed by atoms with Crippen molar-refractivity contribution in [2.45, 2.75) is 14.6 Å². The minimum absolute atomic E-state index is 0.113. The summed E-state index contributed by atoms with van der Waals surface area (Å²) in [5.41, 5.74) is 0.295. The van der Waals surface area contributed by atoms with Gasteiger partial charge in [-0.1, -0.05) is 34.8 Å². The maximum atomic E-state index is 12.5. The first-order valence-corrected chi connectivity index (χ1v) is 11.1. The lowest BCUT2D eigenvalue weighted by atomic mass is 10.4. The molecule has 2 rings (SSSR count). The molecule has 2 N–H and O–H groups in total. The molecule has 0 radical (unpaired) electrons. The summed E-state index contributed by atoms with van der Waals surface area (Å²) in [5.74, 6) is 0.00890. The Balaban J connectivity index is 2.08. The van der Waals surface area contributed by atoms with Crippen LogP contribution >= 0.6 is 46.1 Å². The Kier molecular flexibility index (Phi) is 8.14. The smallest absolute Gasteiger partial charge is 0.335 e. The van der Waals surface area contributed by atoms with Gasteiger partial charge in [-0.3, -0.25) is 5.32 Å². The number of alkyl halides is 3. The number of aromatic nitrogens is 2. The Morgan fingerprint density at radius 2 is 1.83 bits per heavy atom. The average Bonchev–Trinajstić information content (AvgIpc) is 3.09. The summed E-state index contributed by atoms with van der Waals surface area (Å²) in [4.78, 5) is 19.9. The highest BCUT2D eigenvalue weighted by molar-refractivity contribution is 7.92. The van der Waals surface area contributed by atoms with Crippen molar-refractivity contribution in [3.8, 4) is 11.8 Å². The largest absolute Gasteiger partial charge is 0.481 e. The van der Waals surface area contributed by atoms with Gasteiger partial charge in [-0.05, 0) is 11.4 Å². The van der Waals surface area contributed by atoms with Crippen LogP contribution in [0.3, 0.4) is 0 Å². The summed E-state index contributed by atoms with van der Waals surface area (Å²) >= 11 is 17.7. The van der Waals surface area contributed by atoms with Crippen LogP contribution < -0.4 is 19.5 Å². The molecule has 0 bridgehead atoms. The average molecular weight is 506 g/mol. The standard InChI is InChI=1S/C14H15Cl3N4O6S2/c1-25-9-5-10(26-2)19-12(18-9)20-13(22)21-29(23,24)11-8(3-4-28-11)6-27-7-14(15,16)17/h3-5H,6-7H2,1-2H3,(H2,18,19,20,21,22). The number of anilines is 1. The number of urea groups is 1. The summed E-state index contributed by atoms with van der Waals surface area (Å²) in [6, 6.07) is 1.82. The molecule has 15 heteroatoms. The lowest BCUT2D eigenvalue weighted by Crippen LogP contribution is -2.35. The quantitative estimate of drug-likeness (QED) is 0.524. The molecule has 0 aliphatic heterocycles. The van der Waals surface area contributed by atoms with Crippen molar-refractivity contribution in [1.29, 1.82) is 0 Å². The van der Waals surface area contributed by atoms with Crippen molar-refractivity contribution in [3.63, 3.8) is 0 Å². The topological polar surface area (TPSA) is 129 Å². The van der Waals surface area contributed by atoms with Gasteiger partial charge >= 0.3 is 6.03 Å². The Hall–Kier alpha value is -1.57. The van der Waals surface area contributed by atoms with E-state index in [0.29, 0.717) is 5.56 Å². The summed E-state index contributed by atoms with van der Waals surface area (Å²) in [5, 5.41) is 3.73. The van der Waals surface area contributed by atoms with Crippen LogP contribution in [0.4, 0.5) is 10.7 Å². The van der Waals surface area contributed by atoms with Crippen molar-refractivity contribution in [2.75, 3.05) is 26.1 Å². The van der Waals surface area contributed by atoms with Gasteiger partial charge in [-0.15, -0.1) is 11.3 Å². The Morgan fingerprint density at radius 1 is 1.21 bits per heavy atom. The van der Waals surface area contributed by atoms with Crippen molar-refractivity contribution in [2.24, 2.45) is 0 Å². The molecule has 160 valence electrons. The number of amides is 2. The van der Waals surface area contributed by atoms with Gasteiger partial charge in [-0.2, -0.15) is 9.97 Å². The number of rotatable bonds is 8. The van der Waals surface area contributed by atoms with Crippen LogP contribution in [-0.4, -0.2) is 49.0 Å². The molecular weight excluding hydrogens is 491 g/mol. The van der Waals surface area contributed by atoms with Gasteiger partial charge in [-0.25, -0.2) is 17.9 Å². The number of carbonyl (C=O) groups is 1. The molecule has 0 aliphatic rings. The van der Waals surface area contributed by atoms with Crippen molar-refractivity contribution in [1.82, 2.24) is 14.7 Å². The second kappa shape index (κ2) is 9.96. The van der Waals surface area contributed by atoms with Crippen LogP contribution in [-0.2, 0) is 21.4 Å². The third-order valence-corrected chi connectivity index (χ3v) is 6.25. The SMILES string of the molecule is COc1cc(OC)nc(NC(=O)NS(=O)(=O)c2sccc2COCC(Cl)(Cl)Cl)n1. The van der Waals surface area contributed by atoms with Gasteiger partial charge < -0.3 is 14.2 Å². The number of methoxy groups -OCH3 is 2. The lowest BCUT2D eigenvalue weighted by molar-refractivity contribution is 0.124. The van der Waals surface area contributed by atoms with Crippen molar-refractivity contribution >= 4 is 68.1 Å². The number of thiophene rings is 1. The van der Waals surface area contributed by atoms with Gasteiger partial charge in [0.2, 0.25) is 21.5 Å². The number of hydrogen-bond acceptors (Lipinski definition) is 9. The van der Waals surface area contributed by atoms with E-state index in [2.05, 4.69) is 15.3 Å². The fourth-order valence-electron chi connectivity index (χ4n) is 1.91. The fourth-order valence-corrected chi connectivity index (χ4v) is 4.43. The van der Waals surface area contributed by atoms with E-state index in [9.17, 15) is 13.2 Å². The predicted octanol–water partition coefficient (Wildman–Crippen LogP) is 2.95. The molecule has 29 heavy (non-hydrogen) atoms. The first-order chi connectivity index (χ1) is 13.5. The summed E-state index contributed by atoms with van der Waals surface area (Å²) in [6.45, 7) is -0.374. The summed E-state index contributed by atoms with van der Waals surface area (Å²) in [6.07, 6.45) is 0. The number of nitrogens with zero attached hydrogens (tertiary/aromatic N) is 2. The summed E-state index contributed by atoms with van der Waals surface area (Å²) < 4.78 is 40.3. The van der Waals surface area contributed by atoms with E-state index >= 15 is 0 Å². The molecule has 0 unspecified atom stereocenters. The van der Waals surface area contributed by atoms with E-state index < -0.39 is 19.8 Å². The van der Waals surface area contributed by atoms with Crippen LogP contribution in [0.5, 0.6) is 11.8 Å². The maximum absolute atomic E-state index is 12.5. The van der Waals surface area contributed by atoms with Crippen molar-refractivity contribution in [3.05, 3.63) is 23.1 Å². The Labute approximate surface area is 185 Å². The third-order valence-electron chi connectivity index (χ3n) is 3.02. The molecule has 0 spiro atoms. The van der Waals surface area contributed by atoms with E-state index in [0.717, 1.165) is 11.3 Å². The molecule has 0 saturated carbocycles. The highest BCUT2D eigenvalue weighted by Gasteiger charge is 2.25. The first-order valence-electron chi connectivity index (χ1n) is 7.56. The van der Waals surface area contributed by atoms with E-state index in [4.69, 9.17) is 49.0 Å². The molecular formula is C14H15Cl3N4O6S2. The highest BCUT2D eigenvalue weighted by Crippen LogP contribution is 2.28. The molecule has 0 aromatic carbocycles. The first kappa shape index (κ1) is 23.7. The number of nitrogens with one attached hydrogen (secondary N) is 2. The van der Waals surface area contributed by atoms with E-state index in [1.165, 1.54) is 31.7 Å². The normalized spacial score (nSPS) is 11.8. The van der Waals surface area contributed by atoms with Crippen LogP contribution in [0, 0.1) is 0 Å². The van der Waals surface area contributed by atoms with Crippen molar-refractivity contribution < 1.29 is 27.4 Å². The zero-order valence-corrected chi connectivity index (χ0v) is 18.8. The highest BCUT2D eigenvalue weighted by atomic mass is 35.6. The second-order valence-corrected chi connectivity index (χ2v) is 10.5. The van der Waals surface area contributed by atoms with E-state index in [1.54, 1.807) is 0 Å². The number of ether oxygens (including phenoxy) is 3. The zero-order chi connectivity index (χ0) is 21.7. The number of hydrogen-bond donors (Lipinski definition) is 2. The number of carbonyl (C=O) groups excluding carboxylic acids is 1. The third kappa shape index (κ3) is 7.32. The zero-order valence-electron chi connectivity index (χ0n) is 14.9. The lowest BCUT2D eigenvalue weighted by Gasteiger charge is -2.12. The molecule has 10 nitrogen and oxygen atoms in total. The van der Waals surface area contributed by atoms with E-state index in [1.807, 2.05) is 4.72 Å². The minimum Gasteiger partial charge on any atom is -0.481 e. The molecule has 2 aromatic heterocycles. The number of sulfonamides is 1. The molecule has 0 aliphatic carbocycles. The van der Waals surface area contributed by atoms with E-state index in [-0.39, 0.29) is 35.1 Å². The minimum atomic E-state index is -4.20. The van der Waals surface area contributed by atoms with Gasteiger partial charge in [0.05, 0.1) is 33.5 Å². The molecule has 2 amide bonds. The molecule has 0 fully saturated rings. The Morgan fingerprint density at radius 3 is 2.38 bits per heavy atom. The second-order valence-electron chi connectivity index (χ2n) is 5.18. The van der Waals surface area contributed by atoms with Gasteiger partial charge in [0.15, 0.2) is 0 Å². The van der Waals surface area contributed by atoms with Crippen LogP contribution in [0.25, 0.3) is 0 Å². The summed E-state index contributed by atoms with van der Waals surface area (Å²) in [7, 11) is -1.48. The van der Waals surface area contributed by atoms with Crippen LogP contribution in [0.15, 0.2) is 21.7 Å². The predicted molar refractivity (Wildman–Crippen MR) is 109 cm³/mol. The number of halogens is 3. The van der Waals surface area contributed by atoms with Gasteiger partial charge in [0, 0.05) is 5.56 Å². The molecule has 0 atom stereocenters. The molecule has 2 aromatic rings.